The number of fused-ring (bicyclic) bond motifs is 1. The van der Waals surface area contributed by atoms with Crippen molar-refractivity contribution in [2.24, 2.45) is 5.73 Å². The average molecular weight is 519 g/mol. The molecular weight excluding hydrogens is 472 g/mol. The van der Waals surface area contributed by atoms with Crippen LogP contribution >= 0.6 is 0 Å². The Bertz CT molecular complexity index is 1040. The zero-order valence-electron chi connectivity index (χ0n) is 22.4. The first kappa shape index (κ1) is 30.1. The van der Waals surface area contributed by atoms with Crippen LogP contribution < -0.4 is 20.7 Å². The van der Waals surface area contributed by atoms with E-state index in [4.69, 9.17) is 5.73 Å². The minimum Gasteiger partial charge on any atom is -0.377 e. The zero-order valence-corrected chi connectivity index (χ0v) is 23.2. The van der Waals surface area contributed by atoms with Crippen molar-refractivity contribution in [3.8, 4) is 0 Å². The van der Waals surface area contributed by atoms with Crippen molar-refractivity contribution in [2.75, 3.05) is 32.1 Å². The van der Waals surface area contributed by atoms with Gasteiger partial charge in [-0.05, 0) is 31.4 Å². The molecule has 8 heteroatoms. The Kier molecular flexibility index (Phi) is 13.2. The molecule has 0 heterocycles. The van der Waals surface area contributed by atoms with Gasteiger partial charge in [0.25, 0.3) is 0 Å². The number of sulfonamides is 1. The fourth-order valence-electron chi connectivity index (χ4n) is 4.38. The minimum atomic E-state index is -3.69. The summed E-state index contributed by atoms with van der Waals surface area (Å²) in [6.45, 7) is 3.03. The summed E-state index contributed by atoms with van der Waals surface area (Å²) in [5.74, 6) is 0.119. The van der Waals surface area contributed by atoms with Crippen molar-refractivity contribution in [3.05, 3.63) is 36.4 Å². The average Bonchev–Trinajstić information content (AvgIpc) is 2.86. The SMILES string of the molecule is CCCCCCCCCC(=O)NCCCCC(N)CNS(=O)(=O)c1cccc2c(N(C)C)cccc12. The smallest absolute Gasteiger partial charge is 0.241 e. The fourth-order valence-corrected chi connectivity index (χ4v) is 5.69. The van der Waals surface area contributed by atoms with E-state index in [9.17, 15) is 13.2 Å². The predicted octanol–water partition coefficient (Wildman–Crippen LogP) is 4.94. The Morgan fingerprint density at radius 1 is 0.917 bits per heavy atom. The molecule has 0 saturated carbocycles. The molecule has 36 heavy (non-hydrogen) atoms. The molecule has 1 unspecified atom stereocenters. The Morgan fingerprint density at radius 2 is 1.58 bits per heavy atom. The molecule has 0 aliphatic rings. The number of benzene rings is 2. The quantitative estimate of drug-likeness (QED) is 0.243. The van der Waals surface area contributed by atoms with Gasteiger partial charge in [-0.3, -0.25) is 4.79 Å². The Hall–Kier alpha value is -2.16. The van der Waals surface area contributed by atoms with E-state index in [1.165, 1.54) is 32.1 Å². The van der Waals surface area contributed by atoms with Crippen molar-refractivity contribution >= 4 is 32.4 Å². The molecule has 0 saturated heterocycles. The number of rotatable bonds is 18. The molecule has 1 amide bonds. The molecule has 2 aromatic rings. The second-order valence-corrected chi connectivity index (χ2v) is 11.6. The lowest BCUT2D eigenvalue weighted by Gasteiger charge is -2.18. The highest BCUT2D eigenvalue weighted by atomic mass is 32.2. The Balaban J connectivity index is 1.68. The summed E-state index contributed by atoms with van der Waals surface area (Å²) in [6.07, 6.45) is 11.4. The lowest BCUT2D eigenvalue weighted by atomic mass is 10.1. The third-order valence-electron chi connectivity index (χ3n) is 6.50. The maximum absolute atomic E-state index is 13.0. The number of carbonyl (C=O) groups is 1. The first-order valence-electron chi connectivity index (χ1n) is 13.5. The molecule has 0 aliphatic heterocycles. The van der Waals surface area contributed by atoms with E-state index in [1.54, 1.807) is 12.1 Å². The molecule has 0 aliphatic carbocycles. The molecule has 202 valence electrons. The fraction of sp³-hybridized carbons (Fsp3) is 0.607. The summed E-state index contributed by atoms with van der Waals surface area (Å²) in [5, 5.41) is 4.56. The summed E-state index contributed by atoms with van der Waals surface area (Å²) < 4.78 is 28.7. The maximum atomic E-state index is 13.0. The van der Waals surface area contributed by atoms with Crippen LogP contribution in [0.5, 0.6) is 0 Å². The van der Waals surface area contributed by atoms with Crippen molar-refractivity contribution in [1.29, 1.82) is 0 Å². The van der Waals surface area contributed by atoms with Crippen molar-refractivity contribution < 1.29 is 13.2 Å². The monoisotopic (exact) mass is 518 g/mol. The molecule has 0 fully saturated rings. The van der Waals surface area contributed by atoms with E-state index in [0.29, 0.717) is 24.8 Å². The zero-order chi connectivity index (χ0) is 26.4. The lowest BCUT2D eigenvalue weighted by Crippen LogP contribution is -2.37. The number of hydrogen-bond donors (Lipinski definition) is 3. The molecule has 0 bridgehead atoms. The van der Waals surface area contributed by atoms with Gasteiger partial charge in [-0.15, -0.1) is 0 Å². The second-order valence-electron chi connectivity index (χ2n) is 9.85. The van der Waals surface area contributed by atoms with E-state index in [0.717, 1.165) is 36.8 Å². The first-order chi connectivity index (χ1) is 17.3. The predicted molar refractivity (Wildman–Crippen MR) is 151 cm³/mol. The topological polar surface area (TPSA) is 105 Å². The maximum Gasteiger partial charge on any atom is 0.241 e. The number of carbonyl (C=O) groups excluding carboxylic acids is 1. The number of nitrogens with one attached hydrogen (secondary N) is 2. The third kappa shape index (κ3) is 10.1. The number of anilines is 1. The number of nitrogens with two attached hydrogens (primary N) is 1. The van der Waals surface area contributed by atoms with Crippen LogP contribution in [0.3, 0.4) is 0 Å². The summed E-state index contributed by atoms with van der Waals surface area (Å²) in [4.78, 5) is 14.2. The van der Waals surface area contributed by atoms with Gasteiger partial charge in [-0.1, -0.05) is 76.1 Å². The molecule has 0 spiro atoms. The minimum absolute atomic E-state index is 0.119. The third-order valence-corrected chi connectivity index (χ3v) is 7.98. The molecule has 1 atom stereocenters. The highest BCUT2D eigenvalue weighted by Gasteiger charge is 2.19. The van der Waals surface area contributed by atoms with Gasteiger partial charge >= 0.3 is 0 Å². The molecule has 7 nitrogen and oxygen atoms in total. The first-order valence-corrected chi connectivity index (χ1v) is 15.0. The molecular formula is C28H46N4O3S. The van der Waals surface area contributed by atoms with Crippen LogP contribution in [0.4, 0.5) is 5.69 Å². The standard InChI is InChI=1S/C28H46N4O3S/c1-4-5-6-7-8-9-10-20-28(33)30-21-12-11-15-23(29)22-31-36(34,35)27-19-14-16-24-25(27)17-13-18-26(24)32(2)3/h13-14,16-19,23,31H,4-12,15,20-22,29H2,1-3H3,(H,30,33). The Morgan fingerprint density at radius 3 is 2.31 bits per heavy atom. The van der Waals surface area contributed by atoms with E-state index in [2.05, 4.69) is 17.0 Å². The van der Waals surface area contributed by atoms with Crippen LogP contribution in [0.1, 0.15) is 77.6 Å². The van der Waals surface area contributed by atoms with Gasteiger partial charge in [0.15, 0.2) is 0 Å². The van der Waals surface area contributed by atoms with Crippen molar-refractivity contribution in [3.63, 3.8) is 0 Å². The van der Waals surface area contributed by atoms with Gasteiger partial charge in [0.2, 0.25) is 15.9 Å². The van der Waals surface area contributed by atoms with Crippen molar-refractivity contribution in [2.45, 2.75) is 88.5 Å². The largest absolute Gasteiger partial charge is 0.377 e. The van der Waals surface area contributed by atoms with Gasteiger partial charge in [-0.2, -0.15) is 0 Å². The van der Waals surface area contributed by atoms with Crippen LogP contribution in [0.25, 0.3) is 10.8 Å². The number of unbranched alkanes of at least 4 members (excludes halogenated alkanes) is 7. The summed E-state index contributed by atoms with van der Waals surface area (Å²) in [5.41, 5.74) is 7.15. The highest BCUT2D eigenvalue weighted by molar-refractivity contribution is 7.89. The lowest BCUT2D eigenvalue weighted by molar-refractivity contribution is -0.121. The molecule has 2 rings (SSSR count). The van der Waals surface area contributed by atoms with Gasteiger partial charge in [0.05, 0.1) is 4.90 Å². The van der Waals surface area contributed by atoms with Crippen LogP contribution in [0, 0.1) is 0 Å². The molecule has 0 radical (unpaired) electrons. The van der Waals surface area contributed by atoms with Gasteiger partial charge in [0, 0.05) is 56.1 Å². The second kappa shape index (κ2) is 15.8. The van der Waals surface area contributed by atoms with Crippen molar-refractivity contribution in [1.82, 2.24) is 10.0 Å². The van der Waals surface area contributed by atoms with Gasteiger partial charge in [-0.25, -0.2) is 13.1 Å². The summed E-state index contributed by atoms with van der Waals surface area (Å²) in [7, 11) is 0.185. The van der Waals surface area contributed by atoms with Crippen LogP contribution in [0.15, 0.2) is 41.3 Å². The number of nitrogens with zero attached hydrogens (tertiary/aromatic N) is 1. The van der Waals surface area contributed by atoms with Crippen LogP contribution in [-0.2, 0) is 14.8 Å². The van der Waals surface area contributed by atoms with E-state index in [-0.39, 0.29) is 23.4 Å². The normalized spacial score (nSPS) is 12.6. The van der Waals surface area contributed by atoms with E-state index in [1.807, 2.05) is 43.3 Å². The summed E-state index contributed by atoms with van der Waals surface area (Å²) >= 11 is 0. The number of amides is 1. The molecule has 4 N–H and O–H groups in total. The Labute approximate surface area is 218 Å². The number of hydrogen-bond acceptors (Lipinski definition) is 5. The summed E-state index contributed by atoms with van der Waals surface area (Å²) in [6, 6.07) is 10.7. The van der Waals surface area contributed by atoms with Gasteiger partial charge < -0.3 is 16.0 Å². The van der Waals surface area contributed by atoms with Crippen LogP contribution in [0.2, 0.25) is 0 Å². The molecule has 2 aromatic carbocycles. The van der Waals surface area contributed by atoms with E-state index < -0.39 is 10.0 Å². The van der Waals surface area contributed by atoms with E-state index >= 15 is 0 Å². The van der Waals surface area contributed by atoms with Gasteiger partial charge in [0.1, 0.15) is 0 Å². The molecule has 0 aromatic heterocycles. The van der Waals surface area contributed by atoms with Crippen LogP contribution in [-0.4, -0.2) is 47.6 Å². The highest BCUT2D eigenvalue weighted by Crippen LogP contribution is 2.30.